The maximum atomic E-state index is 11.4. The number of unbranched alkanes of at least 4 members (excludes halogenated alkanes) is 1. The van der Waals surface area contributed by atoms with Gasteiger partial charge >= 0.3 is 5.97 Å². The summed E-state index contributed by atoms with van der Waals surface area (Å²) in [5, 5.41) is 1.01. The molecule has 0 saturated heterocycles. The Hall–Kier alpha value is -1.77. The number of nitrogens with zero attached hydrogens (tertiary/aromatic N) is 1. The van der Waals surface area contributed by atoms with E-state index >= 15 is 0 Å². The molecule has 18 heavy (non-hydrogen) atoms. The number of para-hydroxylation sites is 1. The van der Waals surface area contributed by atoms with Crippen LogP contribution in [0.15, 0.2) is 30.5 Å². The maximum Gasteiger partial charge on any atom is 0.310 e. The third-order valence-corrected chi connectivity index (χ3v) is 3.02. The van der Waals surface area contributed by atoms with Crippen LogP contribution < -0.4 is 4.74 Å². The zero-order chi connectivity index (χ0) is 13.0. The minimum absolute atomic E-state index is 0.187. The highest BCUT2D eigenvalue weighted by atomic mass is 16.5. The lowest BCUT2D eigenvalue weighted by Gasteiger charge is -2.02. The Kier molecular flexibility index (Phi) is 4.03. The summed E-state index contributed by atoms with van der Waals surface area (Å²) >= 11 is 0. The molecule has 0 spiro atoms. The van der Waals surface area contributed by atoms with E-state index in [-0.39, 0.29) is 5.97 Å². The number of ether oxygens (including phenoxy) is 1. The molecular formula is C15H19NO2. The van der Waals surface area contributed by atoms with E-state index in [1.165, 1.54) is 0 Å². The summed E-state index contributed by atoms with van der Waals surface area (Å²) in [6, 6.07) is 8.04. The second kappa shape index (κ2) is 5.71. The molecular weight excluding hydrogens is 226 g/mol. The molecule has 0 unspecified atom stereocenters. The van der Waals surface area contributed by atoms with Crippen molar-refractivity contribution >= 4 is 16.9 Å². The predicted molar refractivity (Wildman–Crippen MR) is 72.8 cm³/mol. The third kappa shape index (κ3) is 2.55. The van der Waals surface area contributed by atoms with E-state index in [1.54, 1.807) is 6.92 Å². The maximum absolute atomic E-state index is 11.4. The van der Waals surface area contributed by atoms with Crippen LogP contribution in [0.2, 0.25) is 0 Å². The van der Waals surface area contributed by atoms with E-state index in [2.05, 4.69) is 17.6 Å². The molecule has 3 heteroatoms. The van der Waals surface area contributed by atoms with Crippen LogP contribution in [0.25, 0.3) is 10.9 Å². The molecule has 0 aliphatic heterocycles. The average molecular weight is 245 g/mol. The van der Waals surface area contributed by atoms with Crippen LogP contribution in [0.4, 0.5) is 0 Å². The van der Waals surface area contributed by atoms with Crippen molar-refractivity contribution in [2.75, 3.05) is 0 Å². The third-order valence-electron chi connectivity index (χ3n) is 3.02. The van der Waals surface area contributed by atoms with Gasteiger partial charge < -0.3 is 9.30 Å². The van der Waals surface area contributed by atoms with Crippen LogP contribution in [-0.4, -0.2) is 10.5 Å². The summed E-state index contributed by atoms with van der Waals surface area (Å²) in [6.45, 7) is 4.93. The summed E-state index contributed by atoms with van der Waals surface area (Å²) in [4.78, 5) is 11.4. The molecule has 1 aromatic carbocycles. The predicted octanol–water partition coefficient (Wildman–Crippen LogP) is 3.76. The van der Waals surface area contributed by atoms with Gasteiger partial charge in [-0.1, -0.05) is 32.4 Å². The lowest BCUT2D eigenvalue weighted by molar-refractivity contribution is -0.133. The van der Waals surface area contributed by atoms with Crippen molar-refractivity contribution in [3.8, 4) is 5.75 Å². The van der Waals surface area contributed by atoms with Crippen molar-refractivity contribution in [2.45, 2.75) is 39.7 Å². The van der Waals surface area contributed by atoms with Crippen molar-refractivity contribution < 1.29 is 9.53 Å². The minimum atomic E-state index is -0.187. The van der Waals surface area contributed by atoms with Gasteiger partial charge in [0.2, 0.25) is 0 Å². The van der Waals surface area contributed by atoms with Gasteiger partial charge in [0, 0.05) is 24.5 Å². The second-order valence-corrected chi connectivity index (χ2v) is 4.39. The highest BCUT2D eigenvalue weighted by molar-refractivity contribution is 5.89. The summed E-state index contributed by atoms with van der Waals surface area (Å²) in [7, 11) is 0. The lowest BCUT2D eigenvalue weighted by Crippen LogP contribution is -2.05. The molecule has 0 aliphatic carbocycles. The first-order chi connectivity index (χ1) is 8.76. The zero-order valence-corrected chi connectivity index (χ0v) is 11.0. The number of aromatic nitrogens is 1. The molecule has 2 aromatic rings. The summed E-state index contributed by atoms with van der Waals surface area (Å²) in [6.07, 6.45) is 4.61. The fourth-order valence-electron chi connectivity index (χ4n) is 2.00. The molecule has 0 bridgehead atoms. The second-order valence-electron chi connectivity index (χ2n) is 4.39. The Morgan fingerprint density at radius 1 is 1.28 bits per heavy atom. The monoisotopic (exact) mass is 245 g/mol. The molecule has 0 aliphatic rings. The molecule has 0 N–H and O–H groups in total. The number of fused-ring (bicyclic) bond motifs is 1. The Morgan fingerprint density at radius 2 is 2.06 bits per heavy atom. The Bertz CT molecular complexity index is 542. The molecule has 0 amide bonds. The zero-order valence-electron chi connectivity index (χ0n) is 11.0. The average Bonchev–Trinajstić information content (AvgIpc) is 2.75. The molecule has 0 saturated carbocycles. The van der Waals surface area contributed by atoms with E-state index in [0.29, 0.717) is 12.2 Å². The van der Waals surface area contributed by atoms with Gasteiger partial charge in [-0.05, 0) is 18.6 Å². The Morgan fingerprint density at radius 3 is 2.78 bits per heavy atom. The SMILES string of the molecule is CCCCn1cc(OC(=O)CC)c2ccccc21. The van der Waals surface area contributed by atoms with Crippen LogP contribution in [0.5, 0.6) is 5.75 Å². The molecule has 2 rings (SSSR count). The highest BCUT2D eigenvalue weighted by Crippen LogP contribution is 2.28. The van der Waals surface area contributed by atoms with E-state index < -0.39 is 0 Å². The first-order valence-corrected chi connectivity index (χ1v) is 6.54. The topological polar surface area (TPSA) is 31.2 Å². The van der Waals surface area contributed by atoms with Gasteiger partial charge in [-0.2, -0.15) is 0 Å². The van der Waals surface area contributed by atoms with Crippen LogP contribution in [0, 0.1) is 0 Å². The number of hydrogen-bond donors (Lipinski definition) is 0. The number of carbonyl (C=O) groups excluding carboxylic acids is 1. The van der Waals surface area contributed by atoms with E-state index in [9.17, 15) is 4.79 Å². The Balaban J connectivity index is 2.37. The van der Waals surface area contributed by atoms with E-state index in [0.717, 1.165) is 30.3 Å². The lowest BCUT2D eigenvalue weighted by atomic mass is 10.2. The fourth-order valence-corrected chi connectivity index (χ4v) is 2.00. The van der Waals surface area contributed by atoms with Gasteiger partial charge in [0.05, 0.1) is 5.52 Å². The normalized spacial score (nSPS) is 10.8. The molecule has 0 radical (unpaired) electrons. The van der Waals surface area contributed by atoms with Crippen molar-refractivity contribution in [3.05, 3.63) is 30.5 Å². The summed E-state index contributed by atoms with van der Waals surface area (Å²) in [5.74, 6) is 0.488. The molecule has 96 valence electrons. The number of hydrogen-bond acceptors (Lipinski definition) is 2. The van der Waals surface area contributed by atoms with Gasteiger partial charge in [-0.15, -0.1) is 0 Å². The van der Waals surface area contributed by atoms with Crippen LogP contribution >= 0.6 is 0 Å². The van der Waals surface area contributed by atoms with E-state index in [4.69, 9.17) is 4.74 Å². The van der Waals surface area contributed by atoms with Gasteiger partial charge in [0.1, 0.15) is 0 Å². The summed E-state index contributed by atoms with van der Waals surface area (Å²) in [5.41, 5.74) is 1.13. The largest absolute Gasteiger partial charge is 0.424 e. The number of esters is 1. The van der Waals surface area contributed by atoms with Crippen molar-refractivity contribution in [1.29, 1.82) is 0 Å². The van der Waals surface area contributed by atoms with Crippen LogP contribution in [0.1, 0.15) is 33.1 Å². The van der Waals surface area contributed by atoms with E-state index in [1.807, 2.05) is 24.4 Å². The van der Waals surface area contributed by atoms with Crippen molar-refractivity contribution in [3.63, 3.8) is 0 Å². The first-order valence-electron chi connectivity index (χ1n) is 6.54. The van der Waals surface area contributed by atoms with Gasteiger partial charge in [-0.25, -0.2) is 0 Å². The van der Waals surface area contributed by atoms with Gasteiger partial charge in [-0.3, -0.25) is 4.79 Å². The van der Waals surface area contributed by atoms with Crippen molar-refractivity contribution in [2.24, 2.45) is 0 Å². The van der Waals surface area contributed by atoms with Crippen LogP contribution in [-0.2, 0) is 11.3 Å². The van der Waals surface area contributed by atoms with Gasteiger partial charge in [0.15, 0.2) is 5.75 Å². The quantitative estimate of drug-likeness (QED) is 0.751. The fraction of sp³-hybridized carbons (Fsp3) is 0.400. The molecule has 0 fully saturated rings. The van der Waals surface area contributed by atoms with Gasteiger partial charge in [0.25, 0.3) is 0 Å². The smallest absolute Gasteiger partial charge is 0.310 e. The highest BCUT2D eigenvalue weighted by Gasteiger charge is 2.11. The molecule has 1 heterocycles. The molecule has 1 aromatic heterocycles. The molecule has 3 nitrogen and oxygen atoms in total. The number of rotatable bonds is 5. The first kappa shape index (κ1) is 12.7. The summed E-state index contributed by atoms with van der Waals surface area (Å²) < 4.78 is 7.54. The number of carbonyl (C=O) groups is 1. The number of aryl methyl sites for hydroxylation is 1. The molecule has 0 atom stereocenters. The standard InChI is InChI=1S/C15H19NO2/c1-3-5-10-16-11-14(18-15(17)4-2)12-8-6-7-9-13(12)16/h6-9,11H,3-5,10H2,1-2H3. The van der Waals surface area contributed by atoms with Crippen LogP contribution in [0.3, 0.4) is 0 Å². The van der Waals surface area contributed by atoms with Crippen molar-refractivity contribution in [1.82, 2.24) is 4.57 Å². The Labute approximate surface area is 107 Å². The number of benzene rings is 1. The minimum Gasteiger partial charge on any atom is -0.424 e.